The summed E-state index contributed by atoms with van der Waals surface area (Å²) in [6, 6.07) is 5.41. The monoisotopic (exact) mass is 277 g/mol. The molecule has 0 bridgehead atoms. The minimum Gasteiger partial charge on any atom is -0.493 e. The number of carbonyl (C=O) groups excluding carboxylic acids is 1. The van der Waals surface area contributed by atoms with E-state index in [2.05, 4.69) is 10.1 Å². The van der Waals surface area contributed by atoms with Gasteiger partial charge < -0.3 is 9.47 Å². The van der Waals surface area contributed by atoms with E-state index in [-0.39, 0.29) is 5.91 Å². The highest BCUT2D eigenvalue weighted by Gasteiger charge is 2.24. The van der Waals surface area contributed by atoms with E-state index < -0.39 is 0 Å². The summed E-state index contributed by atoms with van der Waals surface area (Å²) in [5.41, 5.74) is 0.785. The molecule has 2 aromatic rings. The Morgan fingerprint density at radius 3 is 2.74 bits per heavy atom. The van der Waals surface area contributed by atoms with Crippen molar-refractivity contribution in [3.63, 3.8) is 0 Å². The molecule has 1 aromatic carbocycles. The highest BCUT2D eigenvalue weighted by Crippen LogP contribution is 2.32. The van der Waals surface area contributed by atoms with Crippen LogP contribution in [0.2, 0.25) is 0 Å². The number of carbonyl (C=O) groups is 1. The second-order valence-electron chi connectivity index (χ2n) is 3.88. The van der Waals surface area contributed by atoms with Crippen molar-refractivity contribution in [3.05, 3.63) is 18.2 Å². The van der Waals surface area contributed by atoms with E-state index in [1.807, 2.05) is 6.07 Å². The van der Waals surface area contributed by atoms with E-state index in [1.54, 1.807) is 26.4 Å². The molecule has 0 amide bonds. The molecule has 3 rings (SSSR count). The summed E-state index contributed by atoms with van der Waals surface area (Å²) in [6.07, 6.45) is 0. The lowest BCUT2D eigenvalue weighted by Crippen LogP contribution is -2.08. The van der Waals surface area contributed by atoms with E-state index in [0.717, 1.165) is 5.56 Å². The summed E-state index contributed by atoms with van der Waals surface area (Å²) in [7, 11) is 3.15. The van der Waals surface area contributed by atoms with Gasteiger partial charge in [0.2, 0.25) is 0 Å². The molecular weight excluding hydrogens is 266 g/mol. The van der Waals surface area contributed by atoms with Gasteiger partial charge >= 0.3 is 0 Å². The lowest BCUT2D eigenvalue weighted by Gasteiger charge is -2.07. The van der Waals surface area contributed by atoms with Crippen molar-refractivity contribution in [2.45, 2.75) is 5.16 Å². The third kappa shape index (κ3) is 1.95. The molecule has 6 nitrogen and oxygen atoms in total. The van der Waals surface area contributed by atoms with E-state index in [9.17, 15) is 4.79 Å². The third-order valence-electron chi connectivity index (χ3n) is 2.78. The first kappa shape index (κ1) is 12.0. The van der Waals surface area contributed by atoms with Crippen LogP contribution in [0.1, 0.15) is 4.79 Å². The number of ether oxygens (including phenoxy) is 2. The Labute approximate surface area is 113 Å². The Hall–Kier alpha value is -2.02. The van der Waals surface area contributed by atoms with Gasteiger partial charge in [-0.3, -0.25) is 4.79 Å². The molecule has 0 fully saturated rings. The van der Waals surface area contributed by atoms with Crippen molar-refractivity contribution >= 4 is 17.7 Å². The highest BCUT2D eigenvalue weighted by atomic mass is 32.2. The summed E-state index contributed by atoms with van der Waals surface area (Å²) >= 11 is 1.39. The molecule has 0 unspecified atom stereocenters. The van der Waals surface area contributed by atoms with Gasteiger partial charge in [-0.05, 0) is 18.2 Å². The smallest absolute Gasteiger partial charge is 0.259 e. The second kappa shape index (κ2) is 4.58. The van der Waals surface area contributed by atoms with Crippen molar-refractivity contribution in [1.29, 1.82) is 0 Å². The first-order chi connectivity index (χ1) is 9.22. The standard InChI is InChI=1S/C12H11N3O3S/c1-17-8-4-3-7(5-9(8)18-2)11-13-12-15(14-11)10(16)6-19-12/h3-5H,6H2,1-2H3. The lowest BCUT2D eigenvalue weighted by molar-refractivity contribution is 0.0923. The van der Waals surface area contributed by atoms with Crippen LogP contribution in [0.25, 0.3) is 11.4 Å². The minimum atomic E-state index is -0.0424. The molecule has 1 aromatic heterocycles. The van der Waals surface area contributed by atoms with Crippen molar-refractivity contribution in [1.82, 2.24) is 14.8 Å². The number of hydrogen-bond donors (Lipinski definition) is 0. The van der Waals surface area contributed by atoms with Crippen LogP contribution >= 0.6 is 11.8 Å². The predicted molar refractivity (Wildman–Crippen MR) is 69.9 cm³/mol. The Morgan fingerprint density at radius 2 is 2.05 bits per heavy atom. The Kier molecular flexibility index (Phi) is 2.90. The molecule has 0 radical (unpaired) electrons. The van der Waals surface area contributed by atoms with E-state index in [1.165, 1.54) is 16.4 Å². The maximum Gasteiger partial charge on any atom is 0.259 e. The zero-order chi connectivity index (χ0) is 13.4. The number of benzene rings is 1. The van der Waals surface area contributed by atoms with E-state index in [0.29, 0.717) is 28.2 Å². The average Bonchev–Trinajstić information content (AvgIpc) is 3.00. The van der Waals surface area contributed by atoms with Crippen LogP contribution in [-0.2, 0) is 0 Å². The third-order valence-corrected chi connectivity index (χ3v) is 3.69. The maximum absolute atomic E-state index is 11.5. The number of hydrogen-bond acceptors (Lipinski definition) is 6. The fourth-order valence-electron chi connectivity index (χ4n) is 1.84. The number of rotatable bonds is 3. The normalized spacial score (nSPS) is 13.5. The molecule has 1 aliphatic heterocycles. The van der Waals surface area contributed by atoms with Crippen molar-refractivity contribution in [2.24, 2.45) is 0 Å². The predicted octanol–water partition coefficient (Wildman–Crippen LogP) is 1.71. The van der Waals surface area contributed by atoms with Crippen molar-refractivity contribution in [2.75, 3.05) is 20.0 Å². The molecule has 7 heteroatoms. The van der Waals surface area contributed by atoms with Crippen LogP contribution in [0, 0.1) is 0 Å². The molecule has 0 aliphatic carbocycles. The molecule has 2 heterocycles. The van der Waals surface area contributed by atoms with Crippen LogP contribution in [-0.4, -0.2) is 40.6 Å². The molecule has 0 saturated heterocycles. The van der Waals surface area contributed by atoms with Crippen LogP contribution < -0.4 is 9.47 Å². The average molecular weight is 277 g/mol. The second-order valence-corrected chi connectivity index (χ2v) is 4.82. The summed E-state index contributed by atoms with van der Waals surface area (Å²) in [5.74, 6) is 2.12. The number of aromatic nitrogens is 3. The number of nitrogens with zero attached hydrogens (tertiary/aromatic N) is 3. The van der Waals surface area contributed by atoms with Gasteiger partial charge in [-0.2, -0.15) is 4.68 Å². The van der Waals surface area contributed by atoms with Crippen molar-refractivity contribution in [3.8, 4) is 22.9 Å². The first-order valence-electron chi connectivity index (χ1n) is 5.58. The van der Waals surface area contributed by atoms with Gasteiger partial charge in [0.05, 0.1) is 20.0 Å². The molecular formula is C12H11N3O3S. The largest absolute Gasteiger partial charge is 0.493 e. The zero-order valence-corrected chi connectivity index (χ0v) is 11.2. The number of thioether (sulfide) groups is 1. The molecule has 19 heavy (non-hydrogen) atoms. The van der Waals surface area contributed by atoms with Crippen LogP contribution in [0.15, 0.2) is 23.4 Å². The quantitative estimate of drug-likeness (QED) is 0.851. The van der Waals surface area contributed by atoms with Gasteiger partial charge in [-0.1, -0.05) is 11.8 Å². The topological polar surface area (TPSA) is 66.2 Å². The molecule has 0 N–H and O–H groups in total. The first-order valence-corrected chi connectivity index (χ1v) is 6.57. The molecule has 0 atom stereocenters. The number of methoxy groups -OCH3 is 2. The fourth-order valence-corrected chi connectivity index (χ4v) is 2.63. The zero-order valence-electron chi connectivity index (χ0n) is 10.4. The van der Waals surface area contributed by atoms with E-state index >= 15 is 0 Å². The summed E-state index contributed by atoms with van der Waals surface area (Å²) in [6.45, 7) is 0. The van der Waals surface area contributed by atoms with Gasteiger partial charge in [0.15, 0.2) is 22.5 Å². The molecule has 98 valence electrons. The SMILES string of the molecule is COc1ccc(-c2nc3n(n2)C(=O)CS3)cc1OC. The van der Waals surface area contributed by atoms with Crippen LogP contribution in [0.4, 0.5) is 0 Å². The van der Waals surface area contributed by atoms with Gasteiger partial charge in [0.25, 0.3) is 5.91 Å². The van der Waals surface area contributed by atoms with Gasteiger partial charge in [0.1, 0.15) is 0 Å². The van der Waals surface area contributed by atoms with Gasteiger partial charge in [0, 0.05) is 5.56 Å². The summed E-state index contributed by atoms with van der Waals surface area (Å²) in [5, 5.41) is 4.85. The Bertz CT molecular complexity index is 654. The van der Waals surface area contributed by atoms with Gasteiger partial charge in [-0.15, -0.1) is 5.10 Å². The maximum atomic E-state index is 11.5. The lowest BCUT2D eigenvalue weighted by atomic mass is 10.2. The summed E-state index contributed by atoms with van der Waals surface area (Å²) < 4.78 is 11.8. The van der Waals surface area contributed by atoms with E-state index in [4.69, 9.17) is 9.47 Å². The van der Waals surface area contributed by atoms with Crippen molar-refractivity contribution < 1.29 is 14.3 Å². The molecule has 1 aliphatic rings. The van der Waals surface area contributed by atoms with Crippen LogP contribution in [0.5, 0.6) is 11.5 Å². The fraction of sp³-hybridized carbons (Fsp3) is 0.250. The summed E-state index contributed by atoms with van der Waals surface area (Å²) in [4.78, 5) is 15.9. The highest BCUT2D eigenvalue weighted by molar-refractivity contribution is 8.00. The minimum absolute atomic E-state index is 0.0424. The van der Waals surface area contributed by atoms with Crippen LogP contribution in [0.3, 0.4) is 0 Å². The Morgan fingerprint density at radius 1 is 1.26 bits per heavy atom. The molecule has 0 saturated carbocycles. The molecule has 0 spiro atoms. The van der Waals surface area contributed by atoms with Gasteiger partial charge in [-0.25, -0.2) is 4.98 Å². The Balaban J connectivity index is 2.03. The number of fused-ring (bicyclic) bond motifs is 1.